The van der Waals surface area contributed by atoms with Gasteiger partial charge in [0, 0.05) is 62.6 Å². The Hall–Kier alpha value is -4.09. The first-order chi connectivity index (χ1) is 17.0. The molecule has 35 heavy (non-hydrogen) atoms. The molecule has 0 bridgehead atoms. The highest BCUT2D eigenvalue weighted by Gasteiger charge is 2.48. The average Bonchev–Trinajstić information content (AvgIpc) is 3.60. The number of carbonyl (C=O) groups is 1. The van der Waals surface area contributed by atoms with Crippen molar-refractivity contribution in [3.63, 3.8) is 0 Å². The van der Waals surface area contributed by atoms with E-state index in [1.54, 1.807) is 19.3 Å². The maximum atomic E-state index is 12.4. The SMILES string of the molecule is CN1CC[C@@](O)(c2cc(-c3cccc(-c4ccnc(Nc5cc6n(n5)CCNC6)n4)c3)no2)C1=O. The number of nitrogens with one attached hydrogen (secondary N) is 2. The topological polar surface area (TPSA) is 134 Å². The number of aromatic nitrogens is 5. The Balaban J connectivity index is 1.25. The van der Waals surface area contributed by atoms with Crippen LogP contribution in [-0.4, -0.2) is 61.0 Å². The molecule has 1 aromatic carbocycles. The molecule has 1 fully saturated rings. The number of carbonyl (C=O) groups excluding carboxylic acids is 1. The van der Waals surface area contributed by atoms with Crippen LogP contribution in [0.25, 0.3) is 22.5 Å². The lowest BCUT2D eigenvalue weighted by Crippen LogP contribution is -2.35. The fourth-order valence-electron chi connectivity index (χ4n) is 4.47. The van der Waals surface area contributed by atoms with Gasteiger partial charge >= 0.3 is 0 Å². The monoisotopic (exact) mass is 472 g/mol. The normalized spacial score (nSPS) is 19.7. The summed E-state index contributed by atoms with van der Waals surface area (Å²) in [7, 11) is 1.66. The zero-order valence-corrected chi connectivity index (χ0v) is 19.1. The lowest BCUT2D eigenvalue weighted by atomic mass is 9.98. The van der Waals surface area contributed by atoms with E-state index in [1.807, 2.05) is 41.1 Å². The first kappa shape index (κ1) is 21.4. The molecule has 6 rings (SSSR count). The van der Waals surface area contributed by atoms with E-state index in [4.69, 9.17) is 4.52 Å². The molecule has 1 atom stereocenters. The van der Waals surface area contributed by atoms with E-state index in [2.05, 4.69) is 30.9 Å². The minimum atomic E-state index is -1.67. The van der Waals surface area contributed by atoms with Crippen LogP contribution in [0.1, 0.15) is 17.9 Å². The highest BCUT2D eigenvalue weighted by molar-refractivity contribution is 5.87. The highest BCUT2D eigenvalue weighted by Crippen LogP contribution is 2.35. The molecular weight excluding hydrogens is 448 g/mol. The Morgan fingerprint density at radius 3 is 2.80 bits per heavy atom. The number of anilines is 2. The standard InChI is InChI=1S/C24H24N8O3/c1-31-9-6-24(34,22(31)33)20-13-19(30-35-20)16-4-2-3-15(11-16)18-5-7-26-23(27-18)28-21-12-17-14-25-8-10-32(17)29-21/h2-5,7,11-13,25,34H,6,8-10,14H2,1H3,(H,26,27,28,29)/t24-/m1/s1. The smallest absolute Gasteiger partial charge is 0.262 e. The Labute approximate surface area is 200 Å². The molecule has 11 nitrogen and oxygen atoms in total. The minimum absolute atomic E-state index is 0.152. The van der Waals surface area contributed by atoms with E-state index in [0.29, 0.717) is 24.0 Å². The van der Waals surface area contributed by atoms with Crippen molar-refractivity contribution in [3.8, 4) is 22.5 Å². The molecule has 5 heterocycles. The van der Waals surface area contributed by atoms with Crippen molar-refractivity contribution in [1.29, 1.82) is 0 Å². The lowest BCUT2D eigenvalue weighted by molar-refractivity contribution is -0.144. The van der Waals surface area contributed by atoms with Gasteiger partial charge in [0.2, 0.25) is 11.5 Å². The number of nitrogens with zero attached hydrogens (tertiary/aromatic N) is 6. The second-order valence-electron chi connectivity index (χ2n) is 8.81. The van der Waals surface area contributed by atoms with Crippen molar-refractivity contribution in [3.05, 3.63) is 60.1 Å². The number of likely N-dealkylation sites (N-methyl/N-ethyl adjacent to an activating group) is 1. The molecule has 0 spiro atoms. The summed E-state index contributed by atoms with van der Waals surface area (Å²) in [5.74, 6) is 0.921. The maximum Gasteiger partial charge on any atom is 0.262 e. The van der Waals surface area contributed by atoms with Gasteiger partial charge in [-0.3, -0.25) is 9.48 Å². The molecule has 1 saturated heterocycles. The fourth-order valence-corrected chi connectivity index (χ4v) is 4.47. The van der Waals surface area contributed by atoms with Crippen LogP contribution in [-0.2, 0) is 23.5 Å². The molecule has 0 aliphatic carbocycles. The molecular formula is C24H24N8O3. The second-order valence-corrected chi connectivity index (χ2v) is 8.81. The predicted molar refractivity (Wildman–Crippen MR) is 126 cm³/mol. The predicted octanol–water partition coefficient (Wildman–Crippen LogP) is 1.89. The van der Waals surface area contributed by atoms with Crippen molar-refractivity contribution < 1.29 is 14.4 Å². The van der Waals surface area contributed by atoms with Gasteiger partial charge in [-0.1, -0.05) is 23.4 Å². The van der Waals surface area contributed by atoms with Gasteiger partial charge in [-0.25, -0.2) is 9.97 Å². The van der Waals surface area contributed by atoms with E-state index in [9.17, 15) is 9.90 Å². The molecule has 0 saturated carbocycles. The first-order valence-corrected chi connectivity index (χ1v) is 11.4. The van der Waals surface area contributed by atoms with Crippen LogP contribution < -0.4 is 10.6 Å². The van der Waals surface area contributed by atoms with Crippen molar-refractivity contribution in [2.75, 3.05) is 25.5 Å². The number of hydrogen-bond acceptors (Lipinski definition) is 9. The summed E-state index contributed by atoms with van der Waals surface area (Å²) in [5, 5.41) is 26.0. The van der Waals surface area contributed by atoms with Crippen LogP contribution in [0.3, 0.4) is 0 Å². The third-order valence-electron chi connectivity index (χ3n) is 6.45. The molecule has 2 aliphatic rings. The summed E-state index contributed by atoms with van der Waals surface area (Å²) in [4.78, 5) is 22.9. The Kier molecular flexibility index (Phi) is 5.08. The van der Waals surface area contributed by atoms with Crippen molar-refractivity contribution >= 4 is 17.7 Å². The maximum absolute atomic E-state index is 12.4. The summed E-state index contributed by atoms with van der Waals surface area (Å²) >= 11 is 0. The number of benzene rings is 1. The molecule has 0 radical (unpaired) electrons. The quantitative estimate of drug-likeness (QED) is 0.398. The van der Waals surface area contributed by atoms with E-state index in [1.165, 1.54) is 4.90 Å². The molecule has 2 aliphatic heterocycles. The first-order valence-electron chi connectivity index (χ1n) is 11.4. The van der Waals surface area contributed by atoms with Crippen LogP contribution in [0.2, 0.25) is 0 Å². The van der Waals surface area contributed by atoms with Crippen molar-refractivity contribution in [2.24, 2.45) is 0 Å². The highest BCUT2D eigenvalue weighted by atomic mass is 16.5. The van der Waals surface area contributed by atoms with Crippen LogP contribution in [0.5, 0.6) is 0 Å². The summed E-state index contributed by atoms with van der Waals surface area (Å²) in [5.41, 5.74) is 2.34. The molecule has 3 N–H and O–H groups in total. The van der Waals surface area contributed by atoms with E-state index >= 15 is 0 Å². The van der Waals surface area contributed by atoms with Gasteiger partial charge < -0.3 is 25.2 Å². The van der Waals surface area contributed by atoms with Crippen LogP contribution in [0, 0.1) is 0 Å². The van der Waals surface area contributed by atoms with Gasteiger partial charge in [-0.05, 0) is 12.1 Å². The van der Waals surface area contributed by atoms with Crippen LogP contribution in [0.15, 0.2) is 53.2 Å². The van der Waals surface area contributed by atoms with E-state index < -0.39 is 5.60 Å². The summed E-state index contributed by atoms with van der Waals surface area (Å²) in [6, 6.07) is 13.1. The fraction of sp³-hybridized carbons (Fsp3) is 0.292. The summed E-state index contributed by atoms with van der Waals surface area (Å²) in [6.07, 6.45) is 1.96. The van der Waals surface area contributed by atoms with E-state index in [-0.39, 0.29) is 18.1 Å². The molecule has 4 aromatic rings. The number of hydrogen-bond donors (Lipinski definition) is 3. The number of amides is 1. The van der Waals surface area contributed by atoms with Gasteiger partial charge in [0.25, 0.3) is 5.91 Å². The number of rotatable bonds is 5. The van der Waals surface area contributed by atoms with Crippen LogP contribution in [0.4, 0.5) is 11.8 Å². The number of aliphatic hydroxyl groups is 1. The average molecular weight is 473 g/mol. The third-order valence-corrected chi connectivity index (χ3v) is 6.45. The third kappa shape index (κ3) is 3.84. The molecule has 11 heteroatoms. The summed E-state index contributed by atoms with van der Waals surface area (Å²) < 4.78 is 7.37. The Morgan fingerprint density at radius 1 is 1.14 bits per heavy atom. The van der Waals surface area contributed by atoms with Crippen molar-refractivity contribution in [1.82, 2.24) is 35.1 Å². The van der Waals surface area contributed by atoms with Crippen molar-refractivity contribution in [2.45, 2.75) is 25.1 Å². The van der Waals surface area contributed by atoms with E-state index in [0.717, 1.165) is 42.1 Å². The molecule has 0 unspecified atom stereocenters. The zero-order valence-electron chi connectivity index (χ0n) is 19.1. The number of fused-ring (bicyclic) bond motifs is 1. The van der Waals surface area contributed by atoms with Crippen LogP contribution >= 0.6 is 0 Å². The Morgan fingerprint density at radius 2 is 2.00 bits per heavy atom. The van der Waals surface area contributed by atoms with Gasteiger partial charge in [0.1, 0.15) is 5.69 Å². The lowest BCUT2D eigenvalue weighted by Gasteiger charge is -2.16. The van der Waals surface area contributed by atoms with Gasteiger partial charge in [0.15, 0.2) is 11.6 Å². The Bertz CT molecular complexity index is 1390. The molecule has 3 aromatic heterocycles. The summed E-state index contributed by atoms with van der Waals surface area (Å²) in [6.45, 7) is 2.98. The molecule has 1 amide bonds. The zero-order chi connectivity index (χ0) is 24.0. The second kappa shape index (κ2) is 8.29. The van der Waals surface area contributed by atoms with Gasteiger partial charge in [-0.15, -0.1) is 0 Å². The van der Waals surface area contributed by atoms with Gasteiger partial charge in [-0.2, -0.15) is 5.10 Å². The largest absolute Gasteiger partial charge is 0.373 e. The molecule has 178 valence electrons. The van der Waals surface area contributed by atoms with Gasteiger partial charge in [0.05, 0.1) is 17.9 Å². The number of likely N-dealkylation sites (tertiary alicyclic amines) is 1. The minimum Gasteiger partial charge on any atom is -0.373 e.